The maximum atomic E-state index is 12.8. The molecule has 27 heavy (non-hydrogen) atoms. The van der Waals surface area contributed by atoms with Crippen LogP contribution in [0.15, 0.2) is 65.6 Å². The summed E-state index contributed by atoms with van der Waals surface area (Å²) >= 11 is 0. The van der Waals surface area contributed by atoms with Crippen molar-refractivity contribution in [3.63, 3.8) is 0 Å². The van der Waals surface area contributed by atoms with Crippen LogP contribution in [-0.4, -0.2) is 27.2 Å². The number of carbonyl (C=O) groups excluding carboxylic acids is 1. The van der Waals surface area contributed by atoms with E-state index in [4.69, 9.17) is 0 Å². The monoisotopic (exact) mass is 360 g/mol. The third kappa shape index (κ3) is 3.10. The summed E-state index contributed by atoms with van der Waals surface area (Å²) in [4.78, 5) is 25.2. The summed E-state index contributed by atoms with van der Waals surface area (Å²) in [7, 11) is 0. The molecular weight excluding hydrogens is 340 g/mol. The van der Waals surface area contributed by atoms with Crippen molar-refractivity contribution in [1.82, 2.24) is 20.1 Å². The number of aromatic amines is 1. The van der Waals surface area contributed by atoms with E-state index in [9.17, 15) is 9.59 Å². The molecule has 0 aliphatic heterocycles. The number of rotatable bonds is 5. The number of amides is 1. The van der Waals surface area contributed by atoms with Gasteiger partial charge in [0.15, 0.2) is 0 Å². The van der Waals surface area contributed by atoms with Crippen molar-refractivity contribution in [1.29, 1.82) is 0 Å². The first kappa shape index (κ1) is 17.0. The van der Waals surface area contributed by atoms with Crippen LogP contribution in [-0.2, 0) is 11.2 Å². The second-order valence-electron chi connectivity index (χ2n) is 6.55. The molecule has 0 bridgehead atoms. The van der Waals surface area contributed by atoms with E-state index in [1.54, 1.807) is 10.8 Å². The first-order valence-corrected chi connectivity index (χ1v) is 8.95. The Morgan fingerprint density at radius 2 is 1.85 bits per heavy atom. The average molecular weight is 360 g/mol. The summed E-state index contributed by atoms with van der Waals surface area (Å²) in [6, 6.07) is 17.2. The van der Waals surface area contributed by atoms with Gasteiger partial charge in [0.25, 0.3) is 5.56 Å². The lowest BCUT2D eigenvalue weighted by Crippen LogP contribution is -2.33. The highest BCUT2D eigenvalue weighted by Crippen LogP contribution is 2.29. The Bertz CT molecular complexity index is 1160. The number of benzene rings is 2. The molecule has 1 unspecified atom stereocenters. The number of fused-ring (bicyclic) bond motifs is 3. The lowest BCUT2D eigenvalue weighted by Gasteiger charge is -2.16. The highest BCUT2D eigenvalue weighted by Gasteiger charge is 2.22. The smallest absolute Gasteiger partial charge is 0.288 e. The fourth-order valence-corrected chi connectivity index (χ4v) is 3.50. The van der Waals surface area contributed by atoms with Crippen LogP contribution in [0.1, 0.15) is 18.5 Å². The van der Waals surface area contributed by atoms with Crippen molar-refractivity contribution in [2.24, 2.45) is 0 Å². The quantitative estimate of drug-likeness (QED) is 0.574. The van der Waals surface area contributed by atoms with Gasteiger partial charge in [-0.2, -0.15) is 5.10 Å². The molecule has 2 heterocycles. The van der Waals surface area contributed by atoms with Gasteiger partial charge in [-0.05, 0) is 25.0 Å². The molecule has 0 radical (unpaired) electrons. The van der Waals surface area contributed by atoms with E-state index < -0.39 is 6.04 Å². The van der Waals surface area contributed by atoms with Crippen molar-refractivity contribution in [3.05, 3.63) is 76.7 Å². The summed E-state index contributed by atoms with van der Waals surface area (Å²) in [5.41, 5.74) is 2.19. The molecule has 0 saturated carbocycles. The number of hydrogen-bond donors (Lipinski definition) is 2. The van der Waals surface area contributed by atoms with E-state index in [1.807, 2.05) is 61.5 Å². The van der Waals surface area contributed by atoms with Gasteiger partial charge in [0.05, 0.1) is 11.7 Å². The predicted molar refractivity (Wildman–Crippen MR) is 106 cm³/mol. The van der Waals surface area contributed by atoms with Gasteiger partial charge in [-0.1, -0.05) is 48.5 Å². The number of para-hydroxylation sites is 1. The minimum Gasteiger partial charge on any atom is -0.354 e. The zero-order valence-electron chi connectivity index (χ0n) is 15.0. The molecule has 0 saturated heterocycles. The third-order valence-electron chi connectivity index (χ3n) is 4.85. The van der Waals surface area contributed by atoms with Crippen LogP contribution in [0.5, 0.6) is 0 Å². The molecular formula is C21H20N4O2. The standard InChI is InChI=1S/C21H20N4O2/c1-14(20(26)22-12-11-15-7-3-2-4-8-15)25-18-10-6-5-9-16(18)17-13-23-24-21(27)19(17)25/h2-10,13-14H,11-12H2,1H3,(H,22,26)(H,24,27). The zero-order chi connectivity index (χ0) is 18.8. The number of carbonyl (C=O) groups is 1. The van der Waals surface area contributed by atoms with Crippen LogP contribution in [0, 0.1) is 0 Å². The van der Waals surface area contributed by atoms with E-state index in [2.05, 4.69) is 15.5 Å². The van der Waals surface area contributed by atoms with Crippen LogP contribution in [0.2, 0.25) is 0 Å². The summed E-state index contributed by atoms with van der Waals surface area (Å²) in [6.45, 7) is 2.35. The van der Waals surface area contributed by atoms with Gasteiger partial charge in [0.1, 0.15) is 11.6 Å². The lowest BCUT2D eigenvalue weighted by molar-refractivity contribution is -0.123. The Balaban J connectivity index is 1.64. The van der Waals surface area contributed by atoms with Crippen molar-refractivity contribution < 1.29 is 4.79 Å². The molecule has 4 rings (SSSR count). The summed E-state index contributed by atoms with van der Waals surface area (Å²) in [5, 5.41) is 11.0. The molecule has 0 aliphatic carbocycles. The Morgan fingerprint density at radius 1 is 1.11 bits per heavy atom. The maximum Gasteiger partial charge on any atom is 0.288 e. The second kappa shape index (κ2) is 7.07. The topological polar surface area (TPSA) is 79.8 Å². The van der Waals surface area contributed by atoms with Gasteiger partial charge in [-0.15, -0.1) is 0 Å². The molecule has 4 aromatic rings. The van der Waals surface area contributed by atoms with Gasteiger partial charge in [0.2, 0.25) is 5.91 Å². The Morgan fingerprint density at radius 3 is 2.67 bits per heavy atom. The highest BCUT2D eigenvalue weighted by molar-refractivity contribution is 6.08. The van der Waals surface area contributed by atoms with Crippen LogP contribution in [0.3, 0.4) is 0 Å². The zero-order valence-corrected chi connectivity index (χ0v) is 15.0. The molecule has 136 valence electrons. The fraction of sp³-hybridized carbons (Fsp3) is 0.190. The van der Waals surface area contributed by atoms with Crippen molar-refractivity contribution in [3.8, 4) is 0 Å². The van der Waals surface area contributed by atoms with Gasteiger partial charge in [-0.3, -0.25) is 9.59 Å². The number of hydrogen-bond acceptors (Lipinski definition) is 3. The Hall–Kier alpha value is -3.41. The summed E-state index contributed by atoms with van der Waals surface area (Å²) in [6.07, 6.45) is 2.40. The molecule has 1 atom stereocenters. The van der Waals surface area contributed by atoms with Gasteiger partial charge in [0, 0.05) is 17.3 Å². The molecule has 2 aromatic heterocycles. The predicted octanol–water partition coefficient (Wildman–Crippen LogP) is 2.80. The largest absolute Gasteiger partial charge is 0.354 e. The normalized spacial score (nSPS) is 12.3. The lowest BCUT2D eigenvalue weighted by atomic mass is 10.1. The van der Waals surface area contributed by atoms with Crippen molar-refractivity contribution in [2.45, 2.75) is 19.4 Å². The van der Waals surface area contributed by atoms with Crippen molar-refractivity contribution in [2.75, 3.05) is 6.54 Å². The second-order valence-corrected chi connectivity index (χ2v) is 6.55. The molecule has 0 fully saturated rings. The van der Waals surface area contributed by atoms with Gasteiger partial charge >= 0.3 is 0 Å². The Kier molecular flexibility index (Phi) is 4.46. The number of nitrogens with zero attached hydrogens (tertiary/aromatic N) is 2. The number of nitrogens with one attached hydrogen (secondary N) is 2. The van der Waals surface area contributed by atoms with Crippen LogP contribution in [0.25, 0.3) is 21.8 Å². The third-order valence-corrected chi connectivity index (χ3v) is 4.85. The number of H-pyrrole nitrogens is 1. The minimum absolute atomic E-state index is 0.121. The first-order chi connectivity index (χ1) is 13.2. The van der Waals surface area contributed by atoms with Crippen LogP contribution >= 0.6 is 0 Å². The first-order valence-electron chi connectivity index (χ1n) is 8.95. The van der Waals surface area contributed by atoms with Crippen LogP contribution in [0.4, 0.5) is 0 Å². The summed E-state index contributed by atoms with van der Waals surface area (Å²) < 4.78 is 1.79. The number of aromatic nitrogens is 3. The molecule has 0 spiro atoms. The minimum atomic E-state index is -0.522. The van der Waals surface area contributed by atoms with E-state index in [0.717, 1.165) is 22.7 Å². The fourth-order valence-electron chi connectivity index (χ4n) is 3.50. The molecule has 1 amide bonds. The van der Waals surface area contributed by atoms with E-state index in [0.29, 0.717) is 12.1 Å². The molecule has 6 heteroatoms. The van der Waals surface area contributed by atoms with Crippen LogP contribution < -0.4 is 10.9 Å². The average Bonchev–Trinajstić information content (AvgIpc) is 3.04. The summed E-state index contributed by atoms with van der Waals surface area (Å²) in [5.74, 6) is -0.121. The molecule has 2 N–H and O–H groups in total. The SMILES string of the molecule is CC(C(=O)NCCc1ccccc1)n1c2ccccc2c2cn[nH]c(=O)c21. The molecule has 0 aliphatic rings. The van der Waals surface area contributed by atoms with Crippen molar-refractivity contribution >= 4 is 27.7 Å². The molecule has 6 nitrogen and oxygen atoms in total. The molecule has 2 aromatic carbocycles. The van der Waals surface area contributed by atoms with E-state index in [1.165, 1.54) is 5.56 Å². The van der Waals surface area contributed by atoms with Gasteiger partial charge < -0.3 is 9.88 Å². The van der Waals surface area contributed by atoms with E-state index in [-0.39, 0.29) is 11.5 Å². The highest BCUT2D eigenvalue weighted by atomic mass is 16.2. The van der Waals surface area contributed by atoms with E-state index >= 15 is 0 Å². The maximum absolute atomic E-state index is 12.8. The van der Waals surface area contributed by atoms with Gasteiger partial charge in [-0.25, -0.2) is 5.10 Å². The Labute approximate surface area is 155 Å².